The molecule has 0 atom stereocenters. The van der Waals surface area contributed by atoms with E-state index in [4.69, 9.17) is 9.84 Å². The number of pyridine rings is 1. The van der Waals surface area contributed by atoms with Gasteiger partial charge in [0.15, 0.2) is 0 Å². The number of ether oxygens (including phenoxy) is 1. The summed E-state index contributed by atoms with van der Waals surface area (Å²) in [7, 11) is 2.07. The summed E-state index contributed by atoms with van der Waals surface area (Å²) < 4.78 is 7.51. The summed E-state index contributed by atoms with van der Waals surface area (Å²) in [5, 5.41) is 8.47. The van der Waals surface area contributed by atoms with E-state index in [1.165, 1.54) is 17.0 Å². The van der Waals surface area contributed by atoms with Gasteiger partial charge in [0, 0.05) is 64.2 Å². The standard InChI is InChI=1S/C19H27N5O/c1-23-19-14-24(13-16-4-2-3-8-20-16)9-5-17(19)18(22-23)12-21-15-6-10-25-11-7-15/h2-4,8,15,21H,5-7,9-14H2,1H3. The summed E-state index contributed by atoms with van der Waals surface area (Å²) in [5.41, 5.74) is 5.15. The summed E-state index contributed by atoms with van der Waals surface area (Å²) in [6.07, 6.45) is 5.15. The molecule has 0 bridgehead atoms. The van der Waals surface area contributed by atoms with Crippen molar-refractivity contribution < 1.29 is 4.74 Å². The third kappa shape index (κ3) is 3.92. The maximum Gasteiger partial charge on any atom is 0.0798 e. The topological polar surface area (TPSA) is 55.2 Å². The van der Waals surface area contributed by atoms with E-state index in [-0.39, 0.29) is 0 Å². The van der Waals surface area contributed by atoms with Gasteiger partial charge in [0.1, 0.15) is 0 Å². The van der Waals surface area contributed by atoms with Crippen molar-refractivity contribution in [3.05, 3.63) is 47.0 Å². The molecule has 0 spiro atoms. The molecule has 0 unspecified atom stereocenters. The lowest BCUT2D eigenvalue weighted by Crippen LogP contribution is -2.35. The molecule has 0 aromatic carbocycles. The fourth-order valence-corrected chi connectivity index (χ4v) is 3.85. The molecule has 2 aromatic heterocycles. The zero-order valence-corrected chi connectivity index (χ0v) is 14.9. The second kappa shape index (κ2) is 7.64. The van der Waals surface area contributed by atoms with Gasteiger partial charge in [0.25, 0.3) is 0 Å². The van der Waals surface area contributed by atoms with E-state index in [1.807, 2.05) is 12.3 Å². The summed E-state index contributed by atoms with van der Waals surface area (Å²) in [6, 6.07) is 6.69. The van der Waals surface area contributed by atoms with Crippen LogP contribution in [0.1, 0.15) is 35.5 Å². The predicted molar refractivity (Wildman–Crippen MR) is 95.9 cm³/mol. The van der Waals surface area contributed by atoms with Crippen LogP contribution in [0.4, 0.5) is 0 Å². The maximum absolute atomic E-state index is 5.44. The largest absolute Gasteiger partial charge is 0.381 e. The fourth-order valence-electron chi connectivity index (χ4n) is 3.85. The van der Waals surface area contributed by atoms with Crippen LogP contribution in [0.5, 0.6) is 0 Å². The van der Waals surface area contributed by atoms with Crippen LogP contribution in [0.3, 0.4) is 0 Å². The molecule has 25 heavy (non-hydrogen) atoms. The van der Waals surface area contributed by atoms with Gasteiger partial charge >= 0.3 is 0 Å². The number of nitrogens with one attached hydrogen (secondary N) is 1. The first-order valence-electron chi connectivity index (χ1n) is 9.26. The quantitative estimate of drug-likeness (QED) is 0.896. The zero-order chi connectivity index (χ0) is 17.1. The van der Waals surface area contributed by atoms with Crippen molar-refractivity contribution in [2.75, 3.05) is 19.8 Å². The van der Waals surface area contributed by atoms with Crippen LogP contribution in [0.25, 0.3) is 0 Å². The van der Waals surface area contributed by atoms with Crippen molar-refractivity contribution in [2.24, 2.45) is 7.05 Å². The third-order valence-electron chi connectivity index (χ3n) is 5.30. The van der Waals surface area contributed by atoms with E-state index < -0.39 is 0 Å². The number of rotatable bonds is 5. The van der Waals surface area contributed by atoms with Gasteiger partial charge < -0.3 is 10.1 Å². The van der Waals surface area contributed by atoms with E-state index in [0.29, 0.717) is 6.04 Å². The van der Waals surface area contributed by atoms with Gasteiger partial charge in [-0.1, -0.05) is 6.07 Å². The molecule has 1 N–H and O–H groups in total. The number of hydrogen-bond acceptors (Lipinski definition) is 5. The predicted octanol–water partition coefficient (Wildman–Crippen LogP) is 1.64. The van der Waals surface area contributed by atoms with Gasteiger partial charge in [0.2, 0.25) is 0 Å². The van der Waals surface area contributed by atoms with Crippen LogP contribution < -0.4 is 5.32 Å². The van der Waals surface area contributed by atoms with E-state index in [1.54, 1.807) is 0 Å². The normalized spacial score (nSPS) is 19.1. The molecule has 6 heteroatoms. The van der Waals surface area contributed by atoms with Gasteiger partial charge in [-0.15, -0.1) is 0 Å². The molecule has 134 valence electrons. The SMILES string of the molecule is Cn1nc(CNC2CCOCC2)c2c1CN(Cc1ccccn1)CC2. The Bertz CT molecular complexity index is 693. The Labute approximate surface area is 149 Å². The maximum atomic E-state index is 5.44. The first-order valence-corrected chi connectivity index (χ1v) is 9.26. The highest BCUT2D eigenvalue weighted by atomic mass is 16.5. The minimum atomic E-state index is 0.565. The van der Waals surface area contributed by atoms with Crippen LogP contribution in [0, 0.1) is 0 Å². The first-order chi connectivity index (χ1) is 12.3. The lowest BCUT2D eigenvalue weighted by molar-refractivity contribution is 0.0775. The number of aryl methyl sites for hydroxylation is 1. The van der Waals surface area contributed by atoms with Crippen LogP contribution in [-0.2, 0) is 37.8 Å². The molecule has 6 nitrogen and oxygen atoms in total. The highest BCUT2D eigenvalue weighted by Crippen LogP contribution is 2.23. The zero-order valence-electron chi connectivity index (χ0n) is 14.9. The smallest absolute Gasteiger partial charge is 0.0798 e. The van der Waals surface area contributed by atoms with E-state index >= 15 is 0 Å². The van der Waals surface area contributed by atoms with Crippen LogP contribution >= 0.6 is 0 Å². The molecule has 2 aliphatic heterocycles. The average Bonchev–Trinajstić information content (AvgIpc) is 2.97. The van der Waals surface area contributed by atoms with E-state index in [2.05, 4.69) is 39.1 Å². The van der Waals surface area contributed by atoms with Crippen molar-refractivity contribution in [1.29, 1.82) is 0 Å². The minimum Gasteiger partial charge on any atom is -0.381 e. The highest BCUT2D eigenvalue weighted by molar-refractivity contribution is 5.29. The number of nitrogens with zero attached hydrogens (tertiary/aromatic N) is 4. The summed E-state index contributed by atoms with van der Waals surface area (Å²) in [5.74, 6) is 0. The first kappa shape index (κ1) is 16.7. The Kier molecular flexibility index (Phi) is 5.10. The van der Waals surface area contributed by atoms with E-state index in [9.17, 15) is 0 Å². The second-order valence-electron chi connectivity index (χ2n) is 7.04. The molecule has 1 fully saturated rings. The molecule has 0 saturated carbocycles. The van der Waals surface area contributed by atoms with Crippen LogP contribution in [-0.4, -0.2) is 45.5 Å². The Balaban J connectivity index is 1.40. The molecule has 0 amide bonds. The Hall–Kier alpha value is -1.76. The number of aromatic nitrogens is 3. The number of hydrogen-bond donors (Lipinski definition) is 1. The van der Waals surface area contributed by atoms with E-state index in [0.717, 1.165) is 64.3 Å². The number of fused-ring (bicyclic) bond motifs is 1. The van der Waals surface area contributed by atoms with Crippen LogP contribution in [0.15, 0.2) is 24.4 Å². The molecule has 2 aromatic rings. The molecule has 2 aliphatic rings. The summed E-state index contributed by atoms with van der Waals surface area (Å²) in [6.45, 7) is 5.54. The van der Waals surface area contributed by atoms with Gasteiger partial charge in [-0.3, -0.25) is 14.6 Å². The van der Waals surface area contributed by atoms with Crippen molar-refractivity contribution in [2.45, 2.75) is 44.9 Å². The second-order valence-corrected chi connectivity index (χ2v) is 7.04. The Morgan fingerprint density at radius 2 is 2.16 bits per heavy atom. The lowest BCUT2D eigenvalue weighted by Gasteiger charge is -2.27. The van der Waals surface area contributed by atoms with Crippen molar-refractivity contribution >= 4 is 0 Å². The van der Waals surface area contributed by atoms with Crippen molar-refractivity contribution in [3.8, 4) is 0 Å². The van der Waals surface area contributed by atoms with Gasteiger partial charge in [-0.25, -0.2) is 0 Å². The molecule has 0 aliphatic carbocycles. The highest BCUT2D eigenvalue weighted by Gasteiger charge is 2.24. The van der Waals surface area contributed by atoms with Crippen molar-refractivity contribution in [3.63, 3.8) is 0 Å². The van der Waals surface area contributed by atoms with Crippen LogP contribution in [0.2, 0.25) is 0 Å². The Morgan fingerprint density at radius 1 is 1.28 bits per heavy atom. The molecule has 4 rings (SSSR count). The lowest BCUT2D eigenvalue weighted by atomic mass is 10.0. The molecule has 1 saturated heterocycles. The van der Waals surface area contributed by atoms with Gasteiger partial charge in [-0.2, -0.15) is 5.10 Å². The van der Waals surface area contributed by atoms with Gasteiger partial charge in [0.05, 0.1) is 17.1 Å². The summed E-state index contributed by atoms with van der Waals surface area (Å²) >= 11 is 0. The monoisotopic (exact) mass is 341 g/mol. The fraction of sp³-hybridized carbons (Fsp3) is 0.579. The summed E-state index contributed by atoms with van der Waals surface area (Å²) in [4.78, 5) is 6.91. The molecular formula is C19H27N5O. The molecule has 4 heterocycles. The van der Waals surface area contributed by atoms with Crippen molar-refractivity contribution in [1.82, 2.24) is 25.0 Å². The Morgan fingerprint density at radius 3 is 2.96 bits per heavy atom. The third-order valence-corrected chi connectivity index (χ3v) is 5.30. The molecular weight excluding hydrogens is 314 g/mol. The average molecular weight is 341 g/mol. The van der Waals surface area contributed by atoms with Gasteiger partial charge in [-0.05, 0) is 31.4 Å². The molecule has 0 radical (unpaired) electrons. The minimum absolute atomic E-state index is 0.565.